The second kappa shape index (κ2) is 6.55. The topological polar surface area (TPSA) is 98.6 Å². The summed E-state index contributed by atoms with van der Waals surface area (Å²) < 4.78 is 0. The zero-order chi connectivity index (χ0) is 6.85. The van der Waals surface area contributed by atoms with Crippen LogP contribution in [0.1, 0.15) is 0 Å². The number of H-pyrrole nitrogens is 3. The fraction of sp³-hybridized carbons (Fsp3) is 0. The Bertz CT molecular complexity index is 286. The number of hydrogen-bond donors (Lipinski definition) is 3. The Balaban J connectivity index is 0. The van der Waals surface area contributed by atoms with Crippen LogP contribution in [0.5, 0.6) is 0 Å². The Morgan fingerprint density at radius 2 is 0.909 bits per heavy atom. The van der Waals surface area contributed by atoms with Crippen LogP contribution in [0.3, 0.4) is 0 Å². The van der Waals surface area contributed by atoms with Crippen LogP contribution in [0.25, 0.3) is 0 Å². The molecule has 1 heterocycles. The van der Waals surface area contributed by atoms with Crippen LogP contribution in [0.2, 0.25) is 0 Å². The molecule has 0 aliphatic carbocycles. The number of aromatic nitrogens is 3. The molecular formula is C3H3KN3NaO3. The van der Waals surface area contributed by atoms with Crippen LogP contribution in [-0.4, -0.2) is 95.9 Å². The summed E-state index contributed by atoms with van der Waals surface area (Å²) in [7, 11) is 0. The van der Waals surface area contributed by atoms with Crippen molar-refractivity contribution < 1.29 is 0 Å². The molecule has 0 fully saturated rings. The summed E-state index contributed by atoms with van der Waals surface area (Å²) in [5.74, 6) is 0. The van der Waals surface area contributed by atoms with Crippen LogP contribution in [-0.2, 0) is 0 Å². The van der Waals surface area contributed by atoms with Gasteiger partial charge < -0.3 is 0 Å². The van der Waals surface area contributed by atoms with Crippen LogP contribution >= 0.6 is 0 Å². The molecule has 0 aromatic carbocycles. The average Bonchev–Trinajstić information content (AvgIpc) is 1.59. The van der Waals surface area contributed by atoms with E-state index in [0.29, 0.717) is 0 Å². The summed E-state index contributed by atoms with van der Waals surface area (Å²) in [5.41, 5.74) is -2.41. The average molecular weight is 191 g/mol. The molecule has 2 radical (unpaired) electrons. The predicted octanol–water partition coefficient (Wildman–Crippen LogP) is -3.01. The number of rotatable bonds is 0. The summed E-state index contributed by atoms with van der Waals surface area (Å²) in [6, 6.07) is 0. The van der Waals surface area contributed by atoms with Crippen molar-refractivity contribution in [2.75, 3.05) is 0 Å². The normalized spacial score (nSPS) is 7.64. The van der Waals surface area contributed by atoms with E-state index in [9.17, 15) is 14.4 Å². The van der Waals surface area contributed by atoms with Gasteiger partial charge in [0.1, 0.15) is 0 Å². The van der Waals surface area contributed by atoms with Gasteiger partial charge in [0.25, 0.3) is 0 Å². The first-order valence-corrected chi connectivity index (χ1v) is 2.11. The standard InChI is InChI=1S/C3H3N3O3.K.Na/c7-1-4-2(8)6-3(9)5-1;;/h(H3,4,5,6,7,8,9);;. The van der Waals surface area contributed by atoms with Crippen molar-refractivity contribution in [3.05, 3.63) is 31.5 Å². The predicted molar refractivity (Wildman–Crippen MR) is 39.8 cm³/mol. The summed E-state index contributed by atoms with van der Waals surface area (Å²) >= 11 is 0. The van der Waals surface area contributed by atoms with Gasteiger partial charge in [0.05, 0.1) is 0 Å². The maximum absolute atomic E-state index is 10.2. The van der Waals surface area contributed by atoms with Crippen molar-refractivity contribution in [1.29, 1.82) is 0 Å². The first-order chi connectivity index (χ1) is 4.18. The molecule has 1 aromatic rings. The maximum Gasteiger partial charge on any atom is 0.330 e. The van der Waals surface area contributed by atoms with Crippen molar-refractivity contribution in [2.24, 2.45) is 0 Å². The van der Waals surface area contributed by atoms with Crippen LogP contribution in [0.4, 0.5) is 0 Å². The molecule has 0 aliphatic rings. The largest absolute Gasteiger partial charge is 0.330 e. The van der Waals surface area contributed by atoms with Gasteiger partial charge >= 0.3 is 17.1 Å². The molecule has 1 rings (SSSR count). The molecule has 0 saturated carbocycles. The Morgan fingerprint density at radius 1 is 0.727 bits per heavy atom. The van der Waals surface area contributed by atoms with E-state index in [2.05, 4.69) is 0 Å². The van der Waals surface area contributed by atoms with E-state index < -0.39 is 17.1 Å². The van der Waals surface area contributed by atoms with Crippen LogP contribution in [0, 0.1) is 0 Å². The fourth-order valence-corrected chi connectivity index (χ4v) is 0.403. The Morgan fingerprint density at radius 3 is 1.09 bits per heavy atom. The summed E-state index contributed by atoms with van der Waals surface area (Å²) in [6.45, 7) is 0. The zero-order valence-corrected chi connectivity index (χ0v) is 11.3. The van der Waals surface area contributed by atoms with E-state index in [4.69, 9.17) is 0 Å². The number of hydrogen-bond acceptors (Lipinski definition) is 3. The second-order valence-electron chi connectivity index (χ2n) is 1.36. The SMILES string of the molecule is O=c1[nH]c(=O)[nH]c(=O)[nH]1.[K].[Na]. The Kier molecular flexibility index (Phi) is 8.67. The molecule has 8 heteroatoms. The monoisotopic (exact) mass is 191 g/mol. The van der Waals surface area contributed by atoms with Gasteiger partial charge in [-0.25, -0.2) is 14.4 Å². The Labute approximate surface area is 125 Å². The summed E-state index contributed by atoms with van der Waals surface area (Å²) in [5, 5.41) is 0. The van der Waals surface area contributed by atoms with E-state index in [1.165, 1.54) is 0 Å². The summed E-state index contributed by atoms with van der Waals surface area (Å²) in [4.78, 5) is 35.9. The van der Waals surface area contributed by atoms with Gasteiger partial charge in [0.15, 0.2) is 0 Å². The second-order valence-corrected chi connectivity index (χ2v) is 1.36. The maximum atomic E-state index is 10.2. The Hall–Kier alpha value is 1.05. The molecule has 0 saturated heterocycles. The molecule has 1 aromatic heterocycles. The molecule has 3 N–H and O–H groups in total. The molecule has 50 valence electrons. The van der Waals surface area contributed by atoms with E-state index in [-0.39, 0.29) is 80.9 Å². The van der Waals surface area contributed by atoms with Gasteiger partial charge in [0.2, 0.25) is 0 Å². The molecule has 0 aliphatic heterocycles. The zero-order valence-electron chi connectivity index (χ0n) is 6.22. The van der Waals surface area contributed by atoms with Gasteiger partial charge in [-0.2, -0.15) is 0 Å². The molecule has 0 unspecified atom stereocenters. The van der Waals surface area contributed by atoms with E-state index in [1.54, 1.807) is 15.0 Å². The van der Waals surface area contributed by atoms with E-state index >= 15 is 0 Å². The van der Waals surface area contributed by atoms with Gasteiger partial charge in [0, 0.05) is 80.9 Å². The van der Waals surface area contributed by atoms with Crippen molar-refractivity contribution in [3.63, 3.8) is 0 Å². The van der Waals surface area contributed by atoms with E-state index in [0.717, 1.165) is 0 Å². The van der Waals surface area contributed by atoms with Crippen LogP contribution in [0.15, 0.2) is 14.4 Å². The molecule has 0 atom stereocenters. The van der Waals surface area contributed by atoms with Crippen LogP contribution < -0.4 is 17.1 Å². The van der Waals surface area contributed by atoms with Gasteiger partial charge in [-0.3, -0.25) is 15.0 Å². The molecule has 0 amide bonds. The first kappa shape index (κ1) is 14.6. The molecular weight excluding hydrogens is 188 g/mol. The van der Waals surface area contributed by atoms with E-state index in [1.807, 2.05) is 0 Å². The van der Waals surface area contributed by atoms with Gasteiger partial charge in [-0.1, -0.05) is 0 Å². The summed E-state index contributed by atoms with van der Waals surface area (Å²) in [6.07, 6.45) is 0. The van der Waals surface area contributed by atoms with Crippen molar-refractivity contribution in [3.8, 4) is 0 Å². The van der Waals surface area contributed by atoms with Gasteiger partial charge in [-0.05, 0) is 0 Å². The minimum atomic E-state index is -0.802. The molecule has 6 nitrogen and oxygen atoms in total. The smallest absolute Gasteiger partial charge is 0.259 e. The molecule has 0 bridgehead atoms. The first-order valence-electron chi connectivity index (χ1n) is 2.11. The molecule has 11 heavy (non-hydrogen) atoms. The van der Waals surface area contributed by atoms with Crippen molar-refractivity contribution in [2.45, 2.75) is 0 Å². The quantitative estimate of drug-likeness (QED) is 0.381. The minimum Gasteiger partial charge on any atom is -0.259 e. The third-order valence-electron chi connectivity index (χ3n) is 0.681. The fourth-order valence-electron chi connectivity index (χ4n) is 0.403. The third kappa shape index (κ3) is 5.31. The van der Waals surface area contributed by atoms with Crippen molar-refractivity contribution in [1.82, 2.24) is 15.0 Å². The van der Waals surface area contributed by atoms with Crippen molar-refractivity contribution >= 4 is 80.9 Å². The van der Waals surface area contributed by atoms with Gasteiger partial charge in [-0.15, -0.1) is 0 Å². The minimum absolute atomic E-state index is 0. The molecule has 0 spiro atoms. The number of aromatic amines is 3. The third-order valence-corrected chi connectivity index (χ3v) is 0.681. The number of nitrogens with one attached hydrogen (secondary N) is 3.